The van der Waals surface area contributed by atoms with Crippen molar-refractivity contribution in [2.45, 2.75) is 12.5 Å². The van der Waals surface area contributed by atoms with Crippen molar-refractivity contribution in [3.8, 4) is 0 Å². The van der Waals surface area contributed by atoms with Crippen molar-refractivity contribution < 1.29 is 9.53 Å². The predicted octanol–water partition coefficient (Wildman–Crippen LogP) is -0.277. The van der Waals surface area contributed by atoms with E-state index in [1.807, 2.05) is 18.2 Å². The van der Waals surface area contributed by atoms with Gasteiger partial charge in [0, 0.05) is 19.6 Å². The maximum absolute atomic E-state index is 12.0. The largest absolute Gasteiger partial charge is 0.378 e. The lowest BCUT2D eigenvalue weighted by atomic mass is 10.2. The highest BCUT2D eigenvalue weighted by Crippen LogP contribution is 2.16. The highest BCUT2D eigenvalue weighted by molar-refractivity contribution is 5.94. The Morgan fingerprint density at radius 1 is 1.40 bits per heavy atom. The van der Waals surface area contributed by atoms with Gasteiger partial charge >= 0.3 is 0 Å². The lowest BCUT2D eigenvalue weighted by molar-refractivity contribution is -0.117. The average Bonchev–Trinajstić information content (AvgIpc) is 3.03. The summed E-state index contributed by atoms with van der Waals surface area (Å²) in [4.78, 5) is 18.7. The molecule has 1 aromatic rings. The van der Waals surface area contributed by atoms with Gasteiger partial charge in [0.05, 0.1) is 13.2 Å². The molecule has 3 rings (SSSR count). The molecule has 0 spiro atoms. The third kappa shape index (κ3) is 3.06. The van der Waals surface area contributed by atoms with Crippen LogP contribution in [0.4, 0.5) is 11.6 Å². The Labute approximate surface area is 117 Å². The Morgan fingerprint density at radius 2 is 2.25 bits per heavy atom. The van der Waals surface area contributed by atoms with E-state index in [4.69, 9.17) is 4.74 Å². The van der Waals surface area contributed by atoms with Crippen molar-refractivity contribution in [3.63, 3.8) is 0 Å². The first-order valence-corrected chi connectivity index (χ1v) is 6.92. The van der Waals surface area contributed by atoms with Crippen LogP contribution in [0.25, 0.3) is 0 Å². The van der Waals surface area contributed by atoms with Gasteiger partial charge in [0.25, 0.3) is 0 Å². The zero-order valence-corrected chi connectivity index (χ0v) is 11.3. The Bertz CT molecular complexity index is 470. The number of carbonyl (C=O) groups is 1. The van der Waals surface area contributed by atoms with Gasteiger partial charge in [-0.15, -0.1) is 0 Å². The summed E-state index contributed by atoms with van der Waals surface area (Å²) in [5.74, 6) is 1.41. The van der Waals surface area contributed by atoms with Crippen LogP contribution < -0.4 is 21.1 Å². The van der Waals surface area contributed by atoms with Gasteiger partial charge < -0.3 is 15.0 Å². The second kappa shape index (κ2) is 6.17. The van der Waals surface area contributed by atoms with E-state index < -0.39 is 0 Å². The quantitative estimate of drug-likeness (QED) is 0.705. The molecule has 7 nitrogen and oxygen atoms in total. The summed E-state index contributed by atoms with van der Waals surface area (Å²) >= 11 is 0. The maximum atomic E-state index is 12.0. The Kier molecular flexibility index (Phi) is 4.10. The summed E-state index contributed by atoms with van der Waals surface area (Å²) < 4.78 is 5.33. The normalized spacial score (nSPS) is 22.8. The highest BCUT2D eigenvalue weighted by Gasteiger charge is 2.22. The Hall–Kier alpha value is -1.70. The van der Waals surface area contributed by atoms with E-state index in [-0.39, 0.29) is 11.9 Å². The van der Waals surface area contributed by atoms with Crippen molar-refractivity contribution in [1.29, 1.82) is 0 Å². The SMILES string of the molecule is O=C(Nc1cccc(N2CCOCC2)n1)C1CCNN1. The van der Waals surface area contributed by atoms with Gasteiger partial charge in [0.1, 0.15) is 17.7 Å². The molecule has 2 saturated heterocycles. The molecule has 0 saturated carbocycles. The molecular weight excluding hydrogens is 258 g/mol. The summed E-state index contributed by atoms with van der Waals surface area (Å²) in [6, 6.07) is 5.48. The van der Waals surface area contributed by atoms with Crippen LogP contribution in [0.3, 0.4) is 0 Å². The molecule has 2 fully saturated rings. The molecule has 2 aliphatic rings. The molecule has 7 heteroatoms. The van der Waals surface area contributed by atoms with Crippen LogP contribution in [-0.4, -0.2) is 49.8 Å². The molecular formula is C13H19N5O2. The molecule has 20 heavy (non-hydrogen) atoms. The fourth-order valence-corrected chi connectivity index (χ4v) is 2.36. The minimum absolute atomic E-state index is 0.0540. The monoisotopic (exact) mass is 277 g/mol. The lowest BCUT2D eigenvalue weighted by Crippen LogP contribution is -2.40. The van der Waals surface area contributed by atoms with E-state index in [0.29, 0.717) is 5.82 Å². The van der Waals surface area contributed by atoms with Crippen LogP contribution in [-0.2, 0) is 9.53 Å². The first-order valence-electron chi connectivity index (χ1n) is 6.92. The smallest absolute Gasteiger partial charge is 0.244 e. The summed E-state index contributed by atoms with van der Waals surface area (Å²) in [7, 11) is 0. The van der Waals surface area contributed by atoms with Crippen LogP contribution in [0.2, 0.25) is 0 Å². The number of nitrogens with zero attached hydrogens (tertiary/aromatic N) is 2. The van der Waals surface area contributed by atoms with Gasteiger partial charge in [-0.25, -0.2) is 10.4 Å². The first kappa shape index (κ1) is 13.3. The van der Waals surface area contributed by atoms with Crippen LogP contribution >= 0.6 is 0 Å². The fraction of sp³-hybridized carbons (Fsp3) is 0.538. The van der Waals surface area contributed by atoms with Crippen molar-refractivity contribution in [2.75, 3.05) is 43.1 Å². The lowest BCUT2D eigenvalue weighted by Gasteiger charge is -2.28. The minimum Gasteiger partial charge on any atom is -0.378 e. The highest BCUT2D eigenvalue weighted by atomic mass is 16.5. The number of anilines is 2. The standard InChI is InChI=1S/C13H19N5O2/c19-13(10-4-5-14-17-10)16-11-2-1-3-12(15-11)18-6-8-20-9-7-18/h1-3,10,14,17H,4-9H2,(H,15,16,19). The molecule has 0 aromatic carbocycles. The van der Waals surface area contributed by atoms with Crippen LogP contribution in [0, 0.1) is 0 Å². The summed E-state index contributed by atoms with van der Waals surface area (Å²) in [5.41, 5.74) is 5.89. The second-order valence-electron chi connectivity index (χ2n) is 4.88. The number of amides is 1. The second-order valence-corrected chi connectivity index (χ2v) is 4.88. The number of hydrogen-bond donors (Lipinski definition) is 3. The van der Waals surface area contributed by atoms with Crippen LogP contribution in [0.1, 0.15) is 6.42 Å². The van der Waals surface area contributed by atoms with Crippen LogP contribution in [0.5, 0.6) is 0 Å². The molecule has 1 amide bonds. The zero-order chi connectivity index (χ0) is 13.8. The van der Waals surface area contributed by atoms with Gasteiger partial charge in [-0.2, -0.15) is 0 Å². The Morgan fingerprint density at radius 3 is 3.00 bits per heavy atom. The van der Waals surface area contributed by atoms with Gasteiger partial charge in [-0.3, -0.25) is 10.2 Å². The number of carbonyl (C=O) groups excluding carboxylic acids is 1. The number of aromatic nitrogens is 1. The topological polar surface area (TPSA) is 78.5 Å². The van der Waals surface area contributed by atoms with Crippen LogP contribution in [0.15, 0.2) is 18.2 Å². The average molecular weight is 277 g/mol. The number of hydrazine groups is 1. The molecule has 3 heterocycles. The van der Waals surface area contributed by atoms with Gasteiger partial charge in [-0.05, 0) is 18.6 Å². The zero-order valence-electron chi connectivity index (χ0n) is 11.3. The van der Waals surface area contributed by atoms with Gasteiger partial charge in [0.2, 0.25) is 5.91 Å². The third-order valence-electron chi connectivity index (χ3n) is 3.47. The van der Waals surface area contributed by atoms with E-state index in [1.54, 1.807) is 0 Å². The minimum atomic E-state index is -0.191. The molecule has 2 aliphatic heterocycles. The summed E-state index contributed by atoms with van der Waals surface area (Å²) in [6.45, 7) is 3.90. The molecule has 108 valence electrons. The Balaban J connectivity index is 1.65. The maximum Gasteiger partial charge on any atom is 0.244 e. The summed E-state index contributed by atoms with van der Waals surface area (Å²) in [5, 5.41) is 2.85. The number of nitrogens with one attached hydrogen (secondary N) is 3. The number of ether oxygens (including phenoxy) is 1. The number of hydrogen-bond acceptors (Lipinski definition) is 6. The fourth-order valence-electron chi connectivity index (χ4n) is 2.36. The van der Waals surface area contributed by atoms with Gasteiger partial charge in [-0.1, -0.05) is 6.07 Å². The van der Waals surface area contributed by atoms with E-state index in [0.717, 1.165) is 45.1 Å². The first-order chi connectivity index (χ1) is 9.83. The number of pyridine rings is 1. The molecule has 1 aromatic heterocycles. The molecule has 0 radical (unpaired) electrons. The summed E-state index contributed by atoms with van der Waals surface area (Å²) in [6.07, 6.45) is 0.787. The number of rotatable bonds is 3. The number of morpholine rings is 1. The van der Waals surface area contributed by atoms with E-state index in [9.17, 15) is 4.79 Å². The predicted molar refractivity (Wildman–Crippen MR) is 75.4 cm³/mol. The van der Waals surface area contributed by atoms with E-state index >= 15 is 0 Å². The molecule has 1 atom stereocenters. The van der Waals surface area contributed by atoms with E-state index in [1.165, 1.54) is 0 Å². The molecule has 3 N–H and O–H groups in total. The molecule has 1 unspecified atom stereocenters. The van der Waals surface area contributed by atoms with Crippen molar-refractivity contribution in [1.82, 2.24) is 15.8 Å². The third-order valence-corrected chi connectivity index (χ3v) is 3.47. The van der Waals surface area contributed by atoms with Crippen molar-refractivity contribution in [3.05, 3.63) is 18.2 Å². The van der Waals surface area contributed by atoms with Crippen molar-refractivity contribution in [2.24, 2.45) is 0 Å². The molecule has 0 bridgehead atoms. The van der Waals surface area contributed by atoms with E-state index in [2.05, 4.69) is 26.1 Å². The molecule has 0 aliphatic carbocycles. The van der Waals surface area contributed by atoms with Crippen molar-refractivity contribution >= 4 is 17.5 Å². The van der Waals surface area contributed by atoms with Gasteiger partial charge in [0.15, 0.2) is 0 Å².